The number of hydrogen-bond acceptors (Lipinski definition) is 4. The van der Waals surface area contributed by atoms with Crippen molar-refractivity contribution < 1.29 is 14.4 Å². The molecule has 1 saturated heterocycles. The molecule has 6 nitrogen and oxygen atoms in total. The fourth-order valence-electron chi connectivity index (χ4n) is 1.38. The van der Waals surface area contributed by atoms with E-state index in [1.807, 2.05) is 0 Å². The van der Waals surface area contributed by atoms with Crippen molar-refractivity contribution in [2.45, 2.75) is 13.0 Å². The minimum absolute atomic E-state index is 0.0421. The minimum atomic E-state index is -0.574. The van der Waals surface area contributed by atoms with E-state index < -0.39 is 17.9 Å². The molecule has 0 spiro atoms. The molecule has 84 valence electrons. The topological polar surface area (TPSA) is 69.7 Å². The number of nitrogens with zero attached hydrogens (tertiary/aromatic N) is 2. The van der Waals surface area contributed by atoms with Crippen LogP contribution in [-0.2, 0) is 14.4 Å². The molecule has 1 atom stereocenters. The molecule has 0 aromatic carbocycles. The molecule has 1 fully saturated rings. The van der Waals surface area contributed by atoms with Gasteiger partial charge in [-0.1, -0.05) is 0 Å². The highest BCUT2D eigenvalue weighted by Gasteiger charge is 2.33. The largest absolute Gasteiger partial charge is 0.321 e. The van der Waals surface area contributed by atoms with Crippen LogP contribution in [0.15, 0.2) is 0 Å². The summed E-state index contributed by atoms with van der Waals surface area (Å²) in [4.78, 5) is 37.0. The SMILES string of the molecule is CC1C(=O)NC(=O)CN1C(=O)CN(C)C. The molecule has 0 aromatic heterocycles. The van der Waals surface area contributed by atoms with E-state index in [-0.39, 0.29) is 19.0 Å². The Morgan fingerprint density at radius 2 is 2.13 bits per heavy atom. The maximum Gasteiger partial charge on any atom is 0.249 e. The fraction of sp³-hybridized carbons (Fsp3) is 0.667. The van der Waals surface area contributed by atoms with Gasteiger partial charge in [-0.25, -0.2) is 0 Å². The van der Waals surface area contributed by atoms with Crippen LogP contribution in [0.2, 0.25) is 0 Å². The molecule has 1 aliphatic heterocycles. The Labute approximate surface area is 88.2 Å². The number of carbonyl (C=O) groups excluding carboxylic acids is 3. The van der Waals surface area contributed by atoms with Gasteiger partial charge in [0, 0.05) is 0 Å². The molecule has 0 saturated carbocycles. The Hall–Kier alpha value is -1.43. The van der Waals surface area contributed by atoms with Crippen molar-refractivity contribution in [3.63, 3.8) is 0 Å². The molecular formula is C9H15N3O3. The second-order valence-electron chi connectivity index (χ2n) is 3.85. The average Bonchev–Trinajstić information content (AvgIpc) is 2.09. The molecule has 3 amide bonds. The first-order valence-corrected chi connectivity index (χ1v) is 4.69. The lowest BCUT2D eigenvalue weighted by atomic mass is 10.2. The van der Waals surface area contributed by atoms with Crippen LogP contribution in [0, 0.1) is 0 Å². The van der Waals surface area contributed by atoms with Gasteiger partial charge in [-0.3, -0.25) is 19.7 Å². The highest BCUT2D eigenvalue weighted by molar-refractivity contribution is 6.04. The maximum atomic E-state index is 11.7. The van der Waals surface area contributed by atoms with Crippen molar-refractivity contribution in [3.05, 3.63) is 0 Å². The molecule has 0 bridgehead atoms. The maximum absolute atomic E-state index is 11.7. The van der Waals surface area contributed by atoms with E-state index in [1.54, 1.807) is 25.9 Å². The van der Waals surface area contributed by atoms with Crippen LogP contribution >= 0.6 is 0 Å². The third kappa shape index (κ3) is 2.76. The molecule has 15 heavy (non-hydrogen) atoms. The van der Waals surface area contributed by atoms with Gasteiger partial charge in [-0.15, -0.1) is 0 Å². The van der Waals surface area contributed by atoms with E-state index in [2.05, 4.69) is 5.32 Å². The predicted molar refractivity (Wildman–Crippen MR) is 52.9 cm³/mol. The molecule has 0 aliphatic carbocycles. The van der Waals surface area contributed by atoms with Gasteiger partial charge in [0.15, 0.2) is 0 Å². The second-order valence-corrected chi connectivity index (χ2v) is 3.85. The van der Waals surface area contributed by atoms with E-state index in [0.717, 1.165) is 0 Å². The van der Waals surface area contributed by atoms with Crippen LogP contribution < -0.4 is 5.32 Å². The highest BCUT2D eigenvalue weighted by atomic mass is 16.2. The summed E-state index contributed by atoms with van der Waals surface area (Å²) in [5.41, 5.74) is 0. The van der Waals surface area contributed by atoms with Gasteiger partial charge in [-0.05, 0) is 21.0 Å². The van der Waals surface area contributed by atoms with Crippen molar-refractivity contribution in [2.75, 3.05) is 27.2 Å². The van der Waals surface area contributed by atoms with Gasteiger partial charge in [0.05, 0.1) is 6.54 Å². The van der Waals surface area contributed by atoms with Crippen molar-refractivity contribution in [1.82, 2.24) is 15.1 Å². The number of rotatable bonds is 2. The number of likely N-dealkylation sites (N-methyl/N-ethyl adjacent to an activating group) is 1. The van der Waals surface area contributed by atoms with Crippen LogP contribution in [-0.4, -0.2) is 60.7 Å². The van der Waals surface area contributed by atoms with Gasteiger partial charge in [-0.2, -0.15) is 0 Å². The van der Waals surface area contributed by atoms with Gasteiger partial charge in [0.1, 0.15) is 12.6 Å². The Morgan fingerprint density at radius 3 is 2.67 bits per heavy atom. The fourth-order valence-corrected chi connectivity index (χ4v) is 1.38. The molecule has 1 N–H and O–H groups in total. The normalized spacial score (nSPS) is 21.9. The third-order valence-electron chi connectivity index (χ3n) is 2.20. The first-order valence-electron chi connectivity index (χ1n) is 4.69. The zero-order valence-electron chi connectivity index (χ0n) is 9.11. The summed E-state index contributed by atoms with van der Waals surface area (Å²) in [5.74, 6) is -1.06. The molecule has 1 rings (SSSR count). The average molecular weight is 213 g/mol. The molecule has 1 heterocycles. The van der Waals surface area contributed by atoms with Crippen molar-refractivity contribution in [1.29, 1.82) is 0 Å². The zero-order chi connectivity index (χ0) is 11.6. The first-order chi connectivity index (χ1) is 6.91. The lowest BCUT2D eigenvalue weighted by Crippen LogP contribution is -2.59. The number of carbonyl (C=O) groups is 3. The number of amides is 3. The smallest absolute Gasteiger partial charge is 0.249 e. The Morgan fingerprint density at radius 1 is 1.53 bits per heavy atom. The lowest BCUT2D eigenvalue weighted by molar-refractivity contribution is -0.149. The van der Waals surface area contributed by atoms with E-state index in [4.69, 9.17) is 0 Å². The predicted octanol–water partition coefficient (Wildman–Crippen LogP) is -1.58. The Kier molecular flexibility index (Phi) is 3.41. The van der Waals surface area contributed by atoms with Gasteiger partial charge < -0.3 is 9.80 Å². The summed E-state index contributed by atoms with van der Waals surface area (Å²) >= 11 is 0. The third-order valence-corrected chi connectivity index (χ3v) is 2.20. The monoisotopic (exact) mass is 213 g/mol. The van der Waals surface area contributed by atoms with Crippen LogP contribution in [0.5, 0.6) is 0 Å². The van der Waals surface area contributed by atoms with E-state index >= 15 is 0 Å². The summed E-state index contributed by atoms with van der Waals surface area (Å²) in [6, 6.07) is -0.574. The van der Waals surface area contributed by atoms with Crippen molar-refractivity contribution in [3.8, 4) is 0 Å². The summed E-state index contributed by atoms with van der Waals surface area (Å²) in [6.45, 7) is 1.76. The number of nitrogens with one attached hydrogen (secondary N) is 1. The molecule has 1 unspecified atom stereocenters. The number of piperazine rings is 1. The molecule has 1 aliphatic rings. The number of imide groups is 1. The minimum Gasteiger partial charge on any atom is -0.321 e. The summed E-state index contributed by atoms with van der Waals surface area (Å²) < 4.78 is 0. The van der Waals surface area contributed by atoms with Gasteiger partial charge in [0.2, 0.25) is 17.7 Å². The van der Waals surface area contributed by atoms with Crippen LogP contribution in [0.4, 0.5) is 0 Å². The zero-order valence-corrected chi connectivity index (χ0v) is 9.11. The molecule has 6 heteroatoms. The van der Waals surface area contributed by atoms with Crippen molar-refractivity contribution in [2.24, 2.45) is 0 Å². The lowest BCUT2D eigenvalue weighted by Gasteiger charge is -2.32. The summed E-state index contributed by atoms with van der Waals surface area (Å²) in [7, 11) is 3.52. The molecule has 0 radical (unpaired) electrons. The summed E-state index contributed by atoms with van der Waals surface area (Å²) in [5, 5.41) is 2.18. The van der Waals surface area contributed by atoms with Crippen LogP contribution in [0.3, 0.4) is 0 Å². The standard InChI is InChI=1S/C9H15N3O3/c1-6-9(15)10-7(13)4-12(6)8(14)5-11(2)3/h6H,4-5H2,1-3H3,(H,10,13,15). The highest BCUT2D eigenvalue weighted by Crippen LogP contribution is 2.05. The van der Waals surface area contributed by atoms with Gasteiger partial charge >= 0.3 is 0 Å². The molecular weight excluding hydrogens is 198 g/mol. The number of hydrogen-bond donors (Lipinski definition) is 1. The Balaban J connectivity index is 2.70. The van der Waals surface area contributed by atoms with E-state index in [1.165, 1.54) is 4.90 Å². The van der Waals surface area contributed by atoms with Crippen LogP contribution in [0.25, 0.3) is 0 Å². The second kappa shape index (κ2) is 4.39. The Bertz CT molecular complexity index is 301. The summed E-state index contributed by atoms with van der Waals surface area (Å²) in [6.07, 6.45) is 0. The van der Waals surface area contributed by atoms with Gasteiger partial charge in [0.25, 0.3) is 0 Å². The van der Waals surface area contributed by atoms with E-state index in [9.17, 15) is 14.4 Å². The molecule has 0 aromatic rings. The quantitative estimate of drug-likeness (QED) is 0.562. The van der Waals surface area contributed by atoms with Crippen molar-refractivity contribution >= 4 is 17.7 Å². The first kappa shape index (κ1) is 11.6. The van der Waals surface area contributed by atoms with E-state index in [0.29, 0.717) is 0 Å². The van der Waals surface area contributed by atoms with Crippen LogP contribution in [0.1, 0.15) is 6.92 Å².